The van der Waals surface area contributed by atoms with Crippen LogP contribution in [0, 0.1) is 0 Å². The minimum Gasteiger partial charge on any atom is -0.347 e. The molecule has 1 fully saturated rings. The van der Waals surface area contributed by atoms with Gasteiger partial charge in [-0.2, -0.15) is 0 Å². The summed E-state index contributed by atoms with van der Waals surface area (Å²) in [5, 5.41) is 4.15. The summed E-state index contributed by atoms with van der Waals surface area (Å²) in [4.78, 5) is 8.19. The molecule has 0 atom stereocenters. The monoisotopic (exact) mass is 331 g/mol. The van der Waals surface area contributed by atoms with Crippen molar-refractivity contribution in [2.45, 2.75) is 39.2 Å². The van der Waals surface area contributed by atoms with Gasteiger partial charge in [-0.15, -0.1) is 11.3 Å². The van der Waals surface area contributed by atoms with Crippen LogP contribution in [0.4, 0.5) is 5.13 Å². The molecule has 0 saturated carbocycles. The van der Waals surface area contributed by atoms with Crippen LogP contribution in [-0.4, -0.2) is 45.0 Å². The zero-order valence-electron chi connectivity index (χ0n) is 13.3. The number of sulfone groups is 1. The number of thiazole rings is 1. The maximum atomic E-state index is 11.7. The molecule has 0 aliphatic carbocycles. The molecule has 1 aromatic rings. The summed E-state index contributed by atoms with van der Waals surface area (Å²) in [6.07, 6.45) is 0.689. The van der Waals surface area contributed by atoms with Gasteiger partial charge >= 0.3 is 0 Å². The summed E-state index contributed by atoms with van der Waals surface area (Å²) in [5.41, 5.74) is 1.11. The molecule has 0 radical (unpaired) electrons. The fraction of sp³-hybridized carbons (Fsp3) is 0.786. The fourth-order valence-corrected chi connectivity index (χ4v) is 5.08. The maximum absolute atomic E-state index is 11.7. The third kappa shape index (κ3) is 4.17. The number of rotatable bonds is 3. The van der Waals surface area contributed by atoms with Crippen LogP contribution in [0.2, 0.25) is 0 Å². The lowest BCUT2D eigenvalue weighted by Crippen LogP contribution is -2.26. The van der Waals surface area contributed by atoms with Gasteiger partial charge in [0.2, 0.25) is 0 Å². The van der Waals surface area contributed by atoms with Crippen molar-refractivity contribution in [1.29, 1.82) is 0 Å². The Morgan fingerprint density at radius 3 is 2.62 bits per heavy atom. The second-order valence-corrected chi connectivity index (χ2v) is 9.91. The van der Waals surface area contributed by atoms with E-state index in [2.05, 4.69) is 31.0 Å². The number of hydrogen-bond donors (Lipinski definition) is 1. The van der Waals surface area contributed by atoms with Gasteiger partial charge in [0.15, 0.2) is 15.0 Å². The van der Waals surface area contributed by atoms with Gasteiger partial charge in [0.05, 0.1) is 17.2 Å². The molecule has 5 nitrogen and oxygen atoms in total. The molecule has 21 heavy (non-hydrogen) atoms. The largest absolute Gasteiger partial charge is 0.347 e. The van der Waals surface area contributed by atoms with Crippen LogP contribution in [0.3, 0.4) is 0 Å². The standard InChI is InChI=1S/C14H25N3O2S2/c1-14(2,3)12-11(10-15-4)20-13(16-12)17-6-5-8-21(18,19)9-7-17/h15H,5-10H2,1-4H3. The fourth-order valence-electron chi connectivity index (χ4n) is 2.47. The predicted octanol–water partition coefficient (Wildman–Crippen LogP) is 1.78. The zero-order valence-corrected chi connectivity index (χ0v) is 14.9. The van der Waals surface area contributed by atoms with Gasteiger partial charge in [0.25, 0.3) is 0 Å². The van der Waals surface area contributed by atoms with E-state index in [4.69, 9.17) is 4.98 Å². The molecule has 2 heterocycles. The molecule has 1 aliphatic heterocycles. The summed E-state index contributed by atoms with van der Waals surface area (Å²) in [6, 6.07) is 0. The zero-order chi connectivity index (χ0) is 15.7. The number of hydrogen-bond acceptors (Lipinski definition) is 6. The lowest BCUT2D eigenvalue weighted by atomic mass is 9.91. The molecule has 0 amide bonds. The molecule has 1 N–H and O–H groups in total. The summed E-state index contributed by atoms with van der Waals surface area (Å²) in [6.45, 7) is 8.62. The molecule has 7 heteroatoms. The summed E-state index contributed by atoms with van der Waals surface area (Å²) < 4.78 is 23.5. The first-order chi connectivity index (χ1) is 9.73. The molecular formula is C14H25N3O2S2. The quantitative estimate of drug-likeness (QED) is 0.915. The van der Waals surface area contributed by atoms with Gasteiger partial charge in [-0.3, -0.25) is 0 Å². The summed E-state index contributed by atoms with van der Waals surface area (Å²) in [7, 11) is -0.944. The Bertz CT molecular complexity index is 588. The van der Waals surface area contributed by atoms with E-state index in [0.29, 0.717) is 18.7 Å². The maximum Gasteiger partial charge on any atom is 0.185 e. The van der Waals surface area contributed by atoms with E-state index in [1.165, 1.54) is 4.88 Å². The number of nitrogens with zero attached hydrogens (tertiary/aromatic N) is 2. The SMILES string of the molecule is CNCc1sc(N2CCCS(=O)(=O)CC2)nc1C(C)(C)C. The van der Waals surface area contributed by atoms with Gasteiger partial charge in [0, 0.05) is 29.9 Å². The Labute approximate surface area is 131 Å². The molecule has 0 aromatic carbocycles. The highest BCUT2D eigenvalue weighted by Crippen LogP contribution is 2.34. The van der Waals surface area contributed by atoms with Crippen molar-refractivity contribution in [2.24, 2.45) is 0 Å². The average molecular weight is 332 g/mol. The van der Waals surface area contributed by atoms with Crippen LogP contribution in [0.1, 0.15) is 37.8 Å². The molecular weight excluding hydrogens is 306 g/mol. The molecule has 1 aliphatic rings. The third-order valence-corrected chi connectivity index (χ3v) is 6.39. The van der Waals surface area contributed by atoms with Crippen LogP contribution >= 0.6 is 11.3 Å². The Kier molecular flexibility index (Phi) is 4.95. The molecule has 0 unspecified atom stereocenters. The van der Waals surface area contributed by atoms with Gasteiger partial charge in [-0.1, -0.05) is 20.8 Å². The number of aromatic nitrogens is 1. The predicted molar refractivity (Wildman–Crippen MR) is 89.1 cm³/mol. The Morgan fingerprint density at radius 1 is 1.29 bits per heavy atom. The lowest BCUT2D eigenvalue weighted by molar-refractivity contribution is 0.562. The van der Waals surface area contributed by atoms with Crippen LogP contribution in [-0.2, 0) is 21.8 Å². The van der Waals surface area contributed by atoms with E-state index < -0.39 is 9.84 Å². The van der Waals surface area contributed by atoms with E-state index in [9.17, 15) is 8.42 Å². The summed E-state index contributed by atoms with van der Waals surface area (Å²) in [5.74, 6) is 0.531. The van der Waals surface area contributed by atoms with Gasteiger partial charge in [-0.05, 0) is 13.5 Å². The van der Waals surface area contributed by atoms with Crippen molar-refractivity contribution in [3.63, 3.8) is 0 Å². The number of anilines is 1. The highest BCUT2D eigenvalue weighted by molar-refractivity contribution is 7.91. The van der Waals surface area contributed by atoms with Gasteiger partial charge in [-0.25, -0.2) is 13.4 Å². The van der Waals surface area contributed by atoms with Crippen molar-refractivity contribution in [3.8, 4) is 0 Å². The van der Waals surface area contributed by atoms with Crippen molar-refractivity contribution in [1.82, 2.24) is 10.3 Å². The first-order valence-electron chi connectivity index (χ1n) is 7.33. The van der Waals surface area contributed by atoms with Crippen LogP contribution in [0.5, 0.6) is 0 Å². The van der Waals surface area contributed by atoms with Crippen molar-refractivity contribution in [2.75, 3.05) is 36.5 Å². The average Bonchev–Trinajstić information content (AvgIpc) is 2.69. The first kappa shape index (κ1) is 16.7. The van der Waals surface area contributed by atoms with Gasteiger partial charge < -0.3 is 10.2 Å². The topological polar surface area (TPSA) is 62.3 Å². The van der Waals surface area contributed by atoms with Crippen LogP contribution in [0.15, 0.2) is 0 Å². The highest BCUT2D eigenvalue weighted by Gasteiger charge is 2.26. The Morgan fingerprint density at radius 2 is 2.00 bits per heavy atom. The normalized spacial score (nSPS) is 19.5. The molecule has 2 rings (SSSR count). The van der Waals surface area contributed by atoms with E-state index in [1.54, 1.807) is 11.3 Å². The molecule has 0 spiro atoms. The molecule has 0 bridgehead atoms. The van der Waals surface area contributed by atoms with Crippen molar-refractivity contribution >= 4 is 26.3 Å². The summed E-state index contributed by atoms with van der Waals surface area (Å²) >= 11 is 1.68. The van der Waals surface area contributed by atoms with E-state index in [0.717, 1.165) is 23.9 Å². The van der Waals surface area contributed by atoms with Crippen molar-refractivity contribution < 1.29 is 8.42 Å². The lowest BCUT2D eigenvalue weighted by Gasteiger charge is -2.19. The second-order valence-electron chi connectivity index (χ2n) is 6.54. The minimum atomic E-state index is -2.88. The van der Waals surface area contributed by atoms with E-state index in [1.807, 2.05) is 7.05 Å². The van der Waals surface area contributed by atoms with Crippen LogP contribution in [0.25, 0.3) is 0 Å². The van der Waals surface area contributed by atoms with Crippen LogP contribution < -0.4 is 10.2 Å². The van der Waals surface area contributed by atoms with Gasteiger partial charge in [0.1, 0.15) is 0 Å². The third-order valence-electron chi connectivity index (χ3n) is 3.56. The second kappa shape index (κ2) is 6.22. The van der Waals surface area contributed by atoms with E-state index in [-0.39, 0.29) is 11.2 Å². The smallest absolute Gasteiger partial charge is 0.185 e. The van der Waals surface area contributed by atoms with Crippen molar-refractivity contribution in [3.05, 3.63) is 10.6 Å². The first-order valence-corrected chi connectivity index (χ1v) is 9.97. The number of nitrogens with one attached hydrogen (secondary N) is 1. The molecule has 1 aromatic heterocycles. The Hall–Kier alpha value is -0.660. The Balaban J connectivity index is 2.28. The molecule has 1 saturated heterocycles. The highest BCUT2D eigenvalue weighted by atomic mass is 32.2. The minimum absolute atomic E-state index is 0.00113. The van der Waals surface area contributed by atoms with E-state index >= 15 is 0 Å². The molecule has 120 valence electrons.